The van der Waals surface area contributed by atoms with Gasteiger partial charge in [0.1, 0.15) is 0 Å². The normalized spacial score (nSPS) is 19.0. The van der Waals surface area contributed by atoms with Crippen LogP contribution in [0.1, 0.15) is 12.8 Å². The van der Waals surface area contributed by atoms with E-state index in [1.807, 2.05) is 4.90 Å². The zero-order chi connectivity index (χ0) is 15.0. The highest BCUT2D eigenvalue weighted by Crippen LogP contribution is 2.25. The fourth-order valence-electron chi connectivity index (χ4n) is 2.42. The summed E-state index contributed by atoms with van der Waals surface area (Å²) >= 11 is 0. The third kappa shape index (κ3) is 2.58. The number of hydrogen-bond donors (Lipinski definition) is 2. The van der Waals surface area contributed by atoms with Crippen molar-refractivity contribution in [3.05, 3.63) is 29.6 Å². The van der Waals surface area contributed by atoms with E-state index in [0.717, 1.165) is 31.5 Å². The Morgan fingerprint density at radius 3 is 2.81 bits per heavy atom. The zero-order valence-electron chi connectivity index (χ0n) is 11.1. The minimum Gasteiger partial charge on any atom is -0.338 e. The molecule has 0 radical (unpaired) electrons. The number of anilines is 1. The van der Waals surface area contributed by atoms with Gasteiger partial charge in [0.15, 0.2) is 23.3 Å². The third-order valence-electron chi connectivity index (χ3n) is 3.50. The monoisotopic (exact) mass is 297 g/mol. The molecule has 2 heterocycles. The molecule has 1 aromatic carbocycles. The van der Waals surface area contributed by atoms with Gasteiger partial charge in [-0.05, 0) is 25.0 Å². The number of nitrogens with one attached hydrogen (secondary N) is 1. The van der Waals surface area contributed by atoms with Gasteiger partial charge < -0.3 is 10.6 Å². The lowest BCUT2D eigenvalue weighted by Gasteiger charge is -2.29. The molecule has 1 atom stereocenters. The Hall–Kier alpha value is -2.09. The lowest BCUT2D eigenvalue weighted by atomic mass is 10.1. The molecule has 0 saturated carbocycles. The van der Waals surface area contributed by atoms with Crippen molar-refractivity contribution < 1.29 is 13.2 Å². The number of aromatic amines is 1. The lowest BCUT2D eigenvalue weighted by molar-refractivity contribution is 0.448. The van der Waals surface area contributed by atoms with Gasteiger partial charge in [-0.15, -0.1) is 5.10 Å². The molecule has 5 nitrogen and oxygen atoms in total. The average molecular weight is 297 g/mol. The zero-order valence-corrected chi connectivity index (χ0v) is 11.1. The van der Waals surface area contributed by atoms with E-state index >= 15 is 0 Å². The molecule has 0 aliphatic carbocycles. The fourth-order valence-corrected chi connectivity index (χ4v) is 2.42. The van der Waals surface area contributed by atoms with Gasteiger partial charge in [0.05, 0.1) is 5.56 Å². The first-order valence-electron chi connectivity index (χ1n) is 6.63. The van der Waals surface area contributed by atoms with Gasteiger partial charge in [0.25, 0.3) is 0 Å². The molecule has 3 rings (SSSR count). The molecule has 8 heteroatoms. The van der Waals surface area contributed by atoms with E-state index in [1.54, 1.807) is 0 Å². The molecule has 2 aromatic rings. The number of nitrogens with zero attached hydrogens (tertiary/aromatic N) is 3. The molecular formula is C13H14F3N5. The standard InChI is InChI=1S/C13H14F3N5/c14-9-4-3-8(10(15)11(9)16)12-18-13(20-19-12)21-5-1-2-7(17)6-21/h3-4,7H,1-2,5-6,17H2,(H,18,19,20). The molecule has 112 valence electrons. The van der Waals surface area contributed by atoms with E-state index in [0.29, 0.717) is 12.5 Å². The minimum absolute atomic E-state index is 0.0423. The van der Waals surface area contributed by atoms with Gasteiger partial charge in [-0.1, -0.05) is 0 Å². The van der Waals surface area contributed by atoms with Crippen LogP contribution in [0.4, 0.5) is 19.1 Å². The van der Waals surface area contributed by atoms with Crippen LogP contribution >= 0.6 is 0 Å². The molecule has 0 amide bonds. The number of benzene rings is 1. The van der Waals surface area contributed by atoms with Gasteiger partial charge in [-0.2, -0.15) is 4.98 Å². The van der Waals surface area contributed by atoms with Crippen LogP contribution in [0.2, 0.25) is 0 Å². The summed E-state index contributed by atoms with van der Waals surface area (Å²) in [6.07, 6.45) is 1.86. The van der Waals surface area contributed by atoms with Crippen LogP contribution in [0, 0.1) is 17.5 Å². The second-order valence-electron chi connectivity index (χ2n) is 5.06. The maximum atomic E-state index is 13.7. The second kappa shape index (κ2) is 5.36. The van der Waals surface area contributed by atoms with Crippen LogP contribution < -0.4 is 10.6 Å². The van der Waals surface area contributed by atoms with Gasteiger partial charge >= 0.3 is 0 Å². The number of aromatic nitrogens is 3. The van der Waals surface area contributed by atoms with Crippen LogP contribution in [0.25, 0.3) is 11.4 Å². The second-order valence-corrected chi connectivity index (χ2v) is 5.06. The first-order valence-corrected chi connectivity index (χ1v) is 6.63. The van der Waals surface area contributed by atoms with Gasteiger partial charge in [-0.25, -0.2) is 13.2 Å². The first kappa shape index (κ1) is 13.9. The van der Waals surface area contributed by atoms with E-state index in [2.05, 4.69) is 15.2 Å². The number of nitrogens with two attached hydrogens (primary N) is 1. The van der Waals surface area contributed by atoms with Crippen molar-refractivity contribution in [1.82, 2.24) is 15.2 Å². The fraction of sp³-hybridized carbons (Fsp3) is 0.385. The highest BCUT2D eigenvalue weighted by Gasteiger charge is 2.22. The molecule has 0 bridgehead atoms. The summed E-state index contributed by atoms with van der Waals surface area (Å²) in [6.45, 7) is 1.36. The van der Waals surface area contributed by atoms with E-state index in [4.69, 9.17) is 5.73 Å². The van der Waals surface area contributed by atoms with Crippen LogP contribution in [0.5, 0.6) is 0 Å². The SMILES string of the molecule is NC1CCCN(c2n[nH]c(-c3ccc(F)c(F)c3F)n2)C1. The van der Waals surface area contributed by atoms with Gasteiger partial charge in [-0.3, -0.25) is 5.10 Å². The number of hydrogen-bond acceptors (Lipinski definition) is 4. The highest BCUT2D eigenvalue weighted by molar-refractivity contribution is 5.57. The van der Waals surface area contributed by atoms with Crippen LogP contribution in [-0.4, -0.2) is 34.3 Å². The lowest BCUT2D eigenvalue weighted by Crippen LogP contribution is -2.43. The van der Waals surface area contributed by atoms with Crippen molar-refractivity contribution in [1.29, 1.82) is 0 Å². The van der Waals surface area contributed by atoms with Crippen LogP contribution in [-0.2, 0) is 0 Å². The maximum Gasteiger partial charge on any atom is 0.245 e. The highest BCUT2D eigenvalue weighted by atomic mass is 19.2. The Bertz CT molecular complexity index is 657. The molecule has 1 fully saturated rings. The van der Waals surface area contributed by atoms with Crippen LogP contribution in [0.3, 0.4) is 0 Å². The molecule has 3 N–H and O–H groups in total. The Kier molecular flexibility index (Phi) is 3.54. The Labute approximate surface area is 119 Å². The van der Waals surface area contributed by atoms with Crippen molar-refractivity contribution in [2.75, 3.05) is 18.0 Å². The summed E-state index contributed by atoms with van der Waals surface area (Å²) in [5.74, 6) is -3.61. The van der Waals surface area contributed by atoms with E-state index < -0.39 is 17.5 Å². The van der Waals surface area contributed by atoms with Crippen molar-refractivity contribution >= 4 is 5.95 Å². The summed E-state index contributed by atoms with van der Waals surface area (Å²) in [5, 5.41) is 6.54. The number of H-pyrrole nitrogens is 1. The topological polar surface area (TPSA) is 70.8 Å². The number of rotatable bonds is 2. The molecule has 0 spiro atoms. The maximum absolute atomic E-state index is 13.7. The number of piperidine rings is 1. The Morgan fingerprint density at radius 1 is 1.24 bits per heavy atom. The quantitative estimate of drug-likeness (QED) is 0.829. The largest absolute Gasteiger partial charge is 0.338 e. The number of halogens is 3. The van der Waals surface area contributed by atoms with Crippen LogP contribution in [0.15, 0.2) is 12.1 Å². The predicted molar refractivity (Wildman–Crippen MR) is 71.1 cm³/mol. The summed E-state index contributed by atoms with van der Waals surface area (Å²) < 4.78 is 39.9. The molecule has 1 unspecified atom stereocenters. The Balaban J connectivity index is 1.90. The Morgan fingerprint density at radius 2 is 2.05 bits per heavy atom. The molecule has 1 saturated heterocycles. The van der Waals surface area contributed by atoms with Crippen molar-refractivity contribution in [3.63, 3.8) is 0 Å². The summed E-state index contributed by atoms with van der Waals surface area (Å²) in [6, 6.07) is 2.02. The average Bonchev–Trinajstić information content (AvgIpc) is 2.94. The molecular weight excluding hydrogens is 283 g/mol. The molecule has 1 aliphatic heterocycles. The minimum atomic E-state index is -1.52. The smallest absolute Gasteiger partial charge is 0.245 e. The van der Waals surface area contributed by atoms with Gasteiger partial charge in [0, 0.05) is 19.1 Å². The van der Waals surface area contributed by atoms with Crippen molar-refractivity contribution in [2.45, 2.75) is 18.9 Å². The summed E-state index contributed by atoms with van der Waals surface area (Å²) in [5.41, 5.74) is 5.72. The van der Waals surface area contributed by atoms with E-state index in [9.17, 15) is 13.2 Å². The summed E-state index contributed by atoms with van der Waals surface area (Å²) in [4.78, 5) is 6.03. The predicted octanol–water partition coefficient (Wildman–Crippen LogP) is 1.82. The molecule has 1 aliphatic rings. The third-order valence-corrected chi connectivity index (χ3v) is 3.50. The molecule has 1 aromatic heterocycles. The van der Waals surface area contributed by atoms with Crippen molar-refractivity contribution in [3.8, 4) is 11.4 Å². The van der Waals surface area contributed by atoms with Crippen molar-refractivity contribution in [2.24, 2.45) is 5.73 Å². The van der Waals surface area contributed by atoms with Gasteiger partial charge in [0.2, 0.25) is 5.95 Å². The first-order chi connectivity index (χ1) is 10.1. The van der Waals surface area contributed by atoms with E-state index in [-0.39, 0.29) is 17.4 Å². The van der Waals surface area contributed by atoms with E-state index in [1.165, 1.54) is 0 Å². The summed E-state index contributed by atoms with van der Waals surface area (Å²) in [7, 11) is 0. The molecule has 21 heavy (non-hydrogen) atoms.